The molecule has 0 heterocycles. The van der Waals surface area contributed by atoms with Crippen molar-refractivity contribution in [2.45, 2.75) is 63.3 Å². The van der Waals surface area contributed by atoms with Gasteiger partial charge in [-0.2, -0.15) is 0 Å². The second-order valence-electron chi connectivity index (χ2n) is 11.2. The summed E-state index contributed by atoms with van der Waals surface area (Å²) in [5.41, 5.74) is 1.11. The highest BCUT2D eigenvalue weighted by Crippen LogP contribution is 2.56. The van der Waals surface area contributed by atoms with E-state index in [0.717, 1.165) is 0 Å². The van der Waals surface area contributed by atoms with Crippen LogP contribution in [0.2, 0.25) is 0 Å². The van der Waals surface area contributed by atoms with Crippen LogP contribution in [-0.2, 0) is 23.9 Å². The van der Waals surface area contributed by atoms with Gasteiger partial charge in [-0.05, 0) is 45.0 Å². The molecular weight excluding hydrogens is 550 g/mol. The molecule has 3 aliphatic rings. The van der Waals surface area contributed by atoms with Crippen molar-refractivity contribution in [1.29, 1.82) is 0 Å². The first-order valence-electron chi connectivity index (χ1n) is 13.8. The quantitative estimate of drug-likeness (QED) is 0.127. The molecule has 0 saturated heterocycles. The Balaban J connectivity index is 1.92. The summed E-state index contributed by atoms with van der Waals surface area (Å²) in [6.45, 7) is 5.32. The molecule has 0 spiro atoms. The van der Waals surface area contributed by atoms with Gasteiger partial charge in [0.15, 0.2) is 11.4 Å². The molecule has 1 fully saturated rings. The van der Waals surface area contributed by atoms with Gasteiger partial charge in [0, 0.05) is 11.5 Å². The van der Waals surface area contributed by atoms with E-state index in [1.165, 1.54) is 25.1 Å². The molecule has 13 heteroatoms. The van der Waals surface area contributed by atoms with E-state index < -0.39 is 93.4 Å². The molecule has 0 aromatic heterocycles. The number of aliphatic hydroxyl groups is 4. The Morgan fingerprint density at radius 1 is 1.17 bits per heavy atom. The fourth-order valence-electron chi connectivity index (χ4n) is 6.70. The molecule has 4 rings (SSSR count). The summed E-state index contributed by atoms with van der Waals surface area (Å²) < 4.78 is 5.12. The summed E-state index contributed by atoms with van der Waals surface area (Å²) in [6, 6.07) is 0.819. The normalized spacial score (nSPS) is 29.6. The first-order valence-corrected chi connectivity index (χ1v) is 13.8. The van der Waals surface area contributed by atoms with Gasteiger partial charge in [-0.3, -0.25) is 19.3 Å². The van der Waals surface area contributed by atoms with E-state index in [0.29, 0.717) is 18.4 Å². The molecular formula is C29H37N3O10. The van der Waals surface area contributed by atoms with E-state index in [-0.39, 0.29) is 17.9 Å². The van der Waals surface area contributed by atoms with Gasteiger partial charge in [0.25, 0.3) is 5.91 Å². The third kappa shape index (κ3) is 4.34. The number of phenolic OH excluding ortho intramolecular Hbond substituents is 1. The number of phenols is 1. The maximum absolute atomic E-state index is 14.1. The van der Waals surface area contributed by atoms with Crippen molar-refractivity contribution >= 4 is 34.9 Å². The van der Waals surface area contributed by atoms with E-state index in [4.69, 9.17) is 10.5 Å². The molecule has 1 saturated carbocycles. The van der Waals surface area contributed by atoms with Crippen LogP contribution in [-0.4, -0.2) is 98.4 Å². The number of primary amides is 1. The van der Waals surface area contributed by atoms with Crippen LogP contribution in [0.15, 0.2) is 29.0 Å². The summed E-state index contributed by atoms with van der Waals surface area (Å²) in [7, 11) is 2.89. The number of aromatic hydroxyl groups is 1. The zero-order chi connectivity index (χ0) is 31.4. The average Bonchev–Trinajstić information content (AvgIpc) is 2.91. The third-order valence-corrected chi connectivity index (χ3v) is 8.61. The minimum Gasteiger partial charge on any atom is -0.508 e. The first-order chi connectivity index (χ1) is 19.7. The Kier molecular flexibility index (Phi) is 8.15. The number of nitrogens with one attached hydrogen (secondary N) is 1. The van der Waals surface area contributed by atoms with Crippen molar-refractivity contribution in [2.75, 3.05) is 26.0 Å². The van der Waals surface area contributed by atoms with Gasteiger partial charge in [-0.1, -0.05) is 26.3 Å². The van der Waals surface area contributed by atoms with Crippen LogP contribution in [0.1, 0.15) is 50.7 Å². The lowest BCUT2D eigenvalue weighted by molar-refractivity contribution is -0.169. The number of nitrogens with two attached hydrogens (primary N) is 1. The summed E-state index contributed by atoms with van der Waals surface area (Å²) in [5, 5.41) is 60.1. The molecule has 8 N–H and O–H groups in total. The molecule has 42 heavy (non-hydrogen) atoms. The fraction of sp³-hybridized carbons (Fsp3) is 0.517. The summed E-state index contributed by atoms with van der Waals surface area (Å²) >= 11 is 0. The number of amides is 1. The molecule has 13 nitrogen and oxygen atoms in total. The molecule has 0 bridgehead atoms. The van der Waals surface area contributed by atoms with Crippen LogP contribution in [0.3, 0.4) is 0 Å². The molecule has 1 aromatic carbocycles. The number of carbonyl (C=O) groups is 4. The monoisotopic (exact) mass is 587 g/mol. The zero-order valence-electron chi connectivity index (χ0n) is 24.0. The number of ketones is 2. The van der Waals surface area contributed by atoms with Crippen LogP contribution in [0.25, 0.3) is 5.76 Å². The fourth-order valence-corrected chi connectivity index (χ4v) is 6.70. The molecule has 1 amide bonds. The van der Waals surface area contributed by atoms with E-state index in [1.807, 2.05) is 6.92 Å². The Morgan fingerprint density at radius 3 is 2.36 bits per heavy atom. The molecule has 3 aliphatic carbocycles. The molecule has 0 aliphatic heterocycles. The molecule has 1 aromatic rings. The van der Waals surface area contributed by atoms with Crippen LogP contribution < -0.4 is 11.1 Å². The highest BCUT2D eigenvalue weighted by atomic mass is 16.5. The number of rotatable bonds is 8. The van der Waals surface area contributed by atoms with Crippen molar-refractivity contribution in [1.82, 2.24) is 4.90 Å². The largest absolute Gasteiger partial charge is 0.508 e. The SMILES string of the molecule is CCCC(Nc1ccc2c(c1O)C(O)=C1C(=O)[C@@]3(O)C(O)=C(C(N)=O)C(=O)[C@H](N(C)C)[C@H]3[C@H](O)[C@H]1[C@@H]2C)C(=O)OCC. The summed E-state index contributed by atoms with van der Waals surface area (Å²) in [4.78, 5) is 53.3. The van der Waals surface area contributed by atoms with Crippen molar-refractivity contribution in [3.8, 4) is 5.75 Å². The van der Waals surface area contributed by atoms with Gasteiger partial charge in [-0.15, -0.1) is 0 Å². The second kappa shape index (κ2) is 11.0. The van der Waals surface area contributed by atoms with E-state index in [9.17, 15) is 44.7 Å². The molecule has 228 valence electrons. The molecule has 0 radical (unpaired) electrons. The lowest BCUT2D eigenvalue weighted by atomic mass is 9.54. The Hall–Kier alpha value is -3.94. The minimum absolute atomic E-state index is 0.0631. The van der Waals surface area contributed by atoms with E-state index >= 15 is 0 Å². The smallest absolute Gasteiger partial charge is 0.328 e. The van der Waals surface area contributed by atoms with E-state index in [2.05, 4.69) is 5.32 Å². The molecule has 7 atom stereocenters. The number of hydrogen-bond acceptors (Lipinski definition) is 12. The van der Waals surface area contributed by atoms with Crippen LogP contribution in [0.4, 0.5) is 5.69 Å². The van der Waals surface area contributed by atoms with Gasteiger partial charge < -0.3 is 41.3 Å². The average molecular weight is 588 g/mol. The van der Waals surface area contributed by atoms with Crippen LogP contribution >= 0.6 is 0 Å². The Morgan fingerprint density at radius 2 is 1.81 bits per heavy atom. The Labute approximate surface area is 242 Å². The summed E-state index contributed by atoms with van der Waals surface area (Å²) in [6.07, 6.45) is -0.693. The number of nitrogens with zero attached hydrogens (tertiary/aromatic N) is 1. The standard InChI is InChI=1S/C29H37N3O10/c1-6-8-14(28(40)42-7-2)31-13-10-9-12-11(3)15-17(22(34)16(12)21(13)33)25(37)29(41)19(23(15)35)20(32(4)5)24(36)18(26(29)38)27(30)39/h9-11,14-15,19-20,23,31,33-35,38,41H,6-8H2,1-5H3,(H2,30,39)/t11-,14?,15+,19+,20-,23-,29-/m1/s1. The highest BCUT2D eigenvalue weighted by Gasteiger charge is 2.68. The number of hydrogen-bond donors (Lipinski definition) is 7. The van der Waals surface area contributed by atoms with Crippen LogP contribution in [0.5, 0.6) is 5.75 Å². The number of carbonyl (C=O) groups excluding carboxylic acids is 4. The predicted octanol–water partition coefficient (Wildman–Crippen LogP) is 0.640. The lowest BCUT2D eigenvalue weighted by Gasteiger charge is -2.53. The number of esters is 1. The van der Waals surface area contributed by atoms with Crippen LogP contribution in [0, 0.1) is 11.8 Å². The topological polar surface area (TPSA) is 220 Å². The summed E-state index contributed by atoms with van der Waals surface area (Å²) in [5.74, 6) is -10.2. The third-order valence-electron chi connectivity index (χ3n) is 8.61. The Bertz CT molecular complexity index is 1420. The van der Waals surface area contributed by atoms with Crippen molar-refractivity contribution < 1.29 is 49.4 Å². The number of fused-ring (bicyclic) bond motifs is 3. The van der Waals surface area contributed by atoms with Crippen molar-refractivity contribution in [3.63, 3.8) is 0 Å². The minimum atomic E-state index is -2.99. The van der Waals surface area contributed by atoms with Gasteiger partial charge in [0.1, 0.15) is 28.9 Å². The first kappa shape index (κ1) is 31.0. The second-order valence-corrected chi connectivity index (χ2v) is 11.2. The zero-order valence-corrected chi connectivity index (χ0v) is 24.0. The maximum atomic E-state index is 14.1. The number of likely N-dealkylation sites (N-methyl/N-ethyl adjacent to an activating group) is 1. The number of aliphatic hydroxyl groups excluding tert-OH is 3. The highest BCUT2D eigenvalue weighted by molar-refractivity contribution is 6.24. The number of benzene rings is 1. The van der Waals surface area contributed by atoms with Crippen molar-refractivity contribution in [2.24, 2.45) is 17.6 Å². The van der Waals surface area contributed by atoms with Crippen molar-refractivity contribution in [3.05, 3.63) is 40.2 Å². The van der Waals surface area contributed by atoms with Gasteiger partial charge in [0.2, 0.25) is 5.78 Å². The number of anilines is 1. The van der Waals surface area contributed by atoms with E-state index in [1.54, 1.807) is 19.9 Å². The van der Waals surface area contributed by atoms with Gasteiger partial charge in [-0.25, -0.2) is 4.79 Å². The number of Topliss-reactive ketones (excluding diaryl/α,β-unsaturated/α-hetero) is 2. The van der Waals surface area contributed by atoms with Gasteiger partial charge >= 0.3 is 5.97 Å². The molecule has 1 unspecified atom stereocenters. The lowest BCUT2D eigenvalue weighted by Crippen LogP contribution is -2.70. The van der Waals surface area contributed by atoms with Gasteiger partial charge in [0.05, 0.1) is 35.9 Å². The number of ether oxygens (including phenoxy) is 1. The maximum Gasteiger partial charge on any atom is 0.328 e. The predicted molar refractivity (Wildman–Crippen MR) is 149 cm³/mol.